The summed E-state index contributed by atoms with van der Waals surface area (Å²) >= 11 is 12.7. The molecule has 0 atom stereocenters. The van der Waals surface area contributed by atoms with Crippen LogP contribution in [-0.4, -0.2) is 209 Å². The average molecular weight is 2790 g/mol. The van der Waals surface area contributed by atoms with Gasteiger partial charge in [-0.1, -0.05) is 38.1 Å². The Morgan fingerprint density at radius 3 is 0.966 bits per heavy atom. The molecule has 1 aliphatic heterocycles. The summed E-state index contributed by atoms with van der Waals surface area (Å²) in [6, 6.07) is 69.3. The minimum atomic E-state index is -3.72. The quantitative estimate of drug-likeness (QED) is 0.0182. The number of aryl methyl sites for hydroxylation is 1. The van der Waals surface area contributed by atoms with E-state index in [0.29, 0.717) is 154 Å². The third kappa shape index (κ3) is 36.3. The number of sulfonamides is 4. The van der Waals surface area contributed by atoms with Crippen molar-refractivity contribution in [2.45, 2.75) is 78.8 Å². The van der Waals surface area contributed by atoms with E-state index < -0.39 is 49.9 Å². The van der Waals surface area contributed by atoms with Crippen LogP contribution < -0.4 is 65.4 Å². The van der Waals surface area contributed by atoms with E-state index >= 15 is 0 Å². The molecule has 7 amide bonds. The first-order valence-corrected chi connectivity index (χ1v) is 59.6. The van der Waals surface area contributed by atoms with Crippen molar-refractivity contribution >= 4 is 261 Å². The van der Waals surface area contributed by atoms with Gasteiger partial charge in [0.2, 0.25) is 40.1 Å². The molecule has 12 aromatic carbocycles. The normalized spacial score (nSPS) is 12.5. The number of carbonyl (C=O) groups is 7. The number of anilines is 6. The number of nitrogens with zero attached hydrogens (tertiary/aromatic N) is 4. The van der Waals surface area contributed by atoms with E-state index in [2.05, 4.69) is 177 Å². The number of nitrogens with one attached hydrogen (secondary N) is 7. The predicted molar refractivity (Wildman–Crippen MR) is 626 cm³/mol. The second-order valence-corrected chi connectivity index (χ2v) is 48.9. The van der Waals surface area contributed by atoms with E-state index in [1.54, 1.807) is 242 Å². The van der Waals surface area contributed by atoms with Crippen molar-refractivity contribution in [1.29, 1.82) is 0 Å². The number of likely N-dealkylation sites (N-methyl/N-ethyl adjacent to an activating group) is 1. The van der Waals surface area contributed by atoms with Crippen LogP contribution in [0.25, 0.3) is 0 Å². The van der Waals surface area contributed by atoms with Crippen LogP contribution in [0.5, 0.6) is 28.7 Å². The van der Waals surface area contributed by atoms with Gasteiger partial charge in [0.15, 0.2) is 9.84 Å². The number of rotatable bonds is 32. The van der Waals surface area contributed by atoms with Gasteiger partial charge in [-0.15, -0.1) is 0 Å². The fourth-order valence-electron chi connectivity index (χ4n) is 13.6. The van der Waals surface area contributed by atoms with Crippen molar-refractivity contribution in [2.75, 3.05) is 133 Å². The summed E-state index contributed by atoms with van der Waals surface area (Å²) in [7, 11) is -7.50. The number of hydrogen-bond acceptors (Lipinski definition) is 23. The monoisotopic (exact) mass is 2790 g/mol. The van der Waals surface area contributed by atoms with Crippen LogP contribution in [0.1, 0.15) is 124 Å². The number of piperazine rings is 1. The fourth-order valence-corrected chi connectivity index (χ4v) is 23.4. The summed E-state index contributed by atoms with van der Waals surface area (Å²) in [5, 5.41) is 21.6. The van der Waals surface area contributed by atoms with Gasteiger partial charge in [-0.25, -0.2) is 52.0 Å². The zero-order valence-corrected chi connectivity index (χ0v) is 99.3. The first-order valence-electron chi connectivity index (χ1n) is 45.2. The van der Waals surface area contributed by atoms with Crippen molar-refractivity contribution in [2.24, 2.45) is 5.14 Å². The van der Waals surface area contributed by atoms with E-state index in [9.17, 15) is 75.7 Å². The molecule has 0 bridgehead atoms. The van der Waals surface area contributed by atoms with Gasteiger partial charge >= 0.3 is 0 Å². The van der Waals surface area contributed by atoms with Crippen molar-refractivity contribution in [3.05, 3.63) is 326 Å². The number of methoxy groups -OCH3 is 5. The van der Waals surface area contributed by atoms with Crippen LogP contribution in [0.15, 0.2) is 274 Å². The maximum absolute atomic E-state index is 12.8. The third-order valence-electron chi connectivity index (χ3n) is 22.0. The number of benzene rings is 12. The summed E-state index contributed by atoms with van der Waals surface area (Å²) in [4.78, 5) is 90.6. The SMILES string of the molecule is CCN(CC)C(=O)c1ccc(NC(=O)c2ccc(OC)c(I)c2)cc1.CCN(CC)S(=O)(=O)c1cccc(NC(=O)c2ccc(OC)c(I)c2)c1.COc1ccc(C(=O)Nc2ccc(CS(C)(=O)=O)cc2)cc1I.COc1ccc(C(=O)Nc2ccc(S(=O)(=O)N3CCN(C)CC3)cc2)cc1I.COc1ccc(C(=O)Nc2ccc(S(=O)(=O)NC3CC3)cc2)cc1I.Cc1ccc(C(=O)Nc2ccc(S(N)(=O)=O)cc2)cc1I. The first kappa shape index (κ1) is 121. The minimum absolute atomic E-state index is 0.00498. The van der Waals surface area contributed by atoms with Crippen molar-refractivity contribution < 1.29 is 99.3 Å². The maximum Gasteiger partial charge on any atom is 0.255 e. The third-order valence-corrected chi connectivity index (χ3v) is 34.7. The van der Waals surface area contributed by atoms with E-state index in [0.717, 1.165) is 45.6 Å². The van der Waals surface area contributed by atoms with Crippen LogP contribution in [0, 0.1) is 28.3 Å². The second kappa shape index (κ2) is 56.8. The number of ether oxygens (including phenoxy) is 5. The number of amides is 7. The van der Waals surface area contributed by atoms with Crippen LogP contribution >= 0.6 is 136 Å². The Hall–Kier alpha value is -10.1. The summed E-state index contributed by atoms with van der Waals surface area (Å²) in [6.45, 7) is 14.0. The average Bonchev–Trinajstić information content (AvgIpc) is 0.961. The Labute approximate surface area is 945 Å². The first-order chi connectivity index (χ1) is 70.1. The predicted octanol–water partition coefficient (Wildman–Crippen LogP) is 18.7. The van der Waals surface area contributed by atoms with Gasteiger partial charge in [-0.2, -0.15) is 8.61 Å². The van der Waals surface area contributed by atoms with Gasteiger partial charge in [0.25, 0.3) is 41.4 Å². The molecule has 14 rings (SSSR count). The number of sulfone groups is 1. The molecule has 45 heteroatoms. The Morgan fingerprint density at radius 1 is 0.358 bits per heavy atom. The zero-order chi connectivity index (χ0) is 109. The van der Waals surface area contributed by atoms with Gasteiger partial charge in [-0.05, 0) is 418 Å². The topological polar surface area (TPSA) is 460 Å². The second-order valence-electron chi connectivity index (χ2n) is 32.6. The lowest BCUT2D eigenvalue weighted by molar-refractivity contribution is 0.0771. The molecule has 12 aromatic rings. The fraction of sp³-hybridized carbons (Fsp3) is 0.233. The van der Waals surface area contributed by atoms with Gasteiger partial charge in [-0.3, -0.25) is 33.6 Å². The lowest BCUT2D eigenvalue weighted by atomic mass is 10.1. The molecule has 9 N–H and O–H groups in total. The smallest absolute Gasteiger partial charge is 0.255 e. The molecule has 0 spiro atoms. The maximum atomic E-state index is 12.8. The Balaban J connectivity index is 0.000000198. The molecule has 1 saturated carbocycles. The van der Waals surface area contributed by atoms with Gasteiger partial charge in [0.1, 0.15) is 28.7 Å². The molecule has 34 nitrogen and oxygen atoms in total. The summed E-state index contributed by atoms with van der Waals surface area (Å²) in [5.74, 6) is 1.97. The molecule has 148 heavy (non-hydrogen) atoms. The van der Waals surface area contributed by atoms with Gasteiger partial charge < -0.3 is 65.4 Å². The standard InChI is InChI=1S/C19H22IN3O4S.C19H21IN2O3.C18H21IN2O4S.C17H17IN2O4S.C16H16INO4S.C14H13IN2O3S/c1-22-9-11-23(12-10-22)28(25,26)16-6-4-15(5-7-16)21-19(24)14-3-8-18(27-2)17(20)13-14;1-4-22(5-2)19(24)13-6-9-15(10-7-13)21-18(23)14-8-11-17(25-3)16(20)12-14;1-4-21(5-2)26(23,24)15-8-6-7-14(12-15)20-18(22)13-9-10-17(25-3)16(19)11-13;1-24-16-9-2-11(10-15(16)18)17(21)19-12-5-7-14(8-6-12)25(22,23)20-13-3-4-13;1-22-15-8-5-12(9-14(15)17)16(19)18-13-6-3-11(4-7-13)10-23(2,20)21;1-9-2-3-10(8-13(9)15)14(18)17-11-4-6-12(7-5-11)21(16,19)20/h3-8,13H,9-12H2,1-2H3,(H,21,24);6-12H,4-5H2,1-3H3,(H,21,23);6-12H,4-5H2,1-3H3,(H,20,22);2,5-10,13,20H,3-4H2,1H3,(H,19,21);3-9H,10H2,1-2H3,(H,18,19);2-8H,1H3,(H,17,18)(H2,16,19,20). The molecule has 0 unspecified atom stereocenters. The van der Waals surface area contributed by atoms with Gasteiger partial charge in [0.05, 0.1) is 78.7 Å². The molecule has 0 radical (unpaired) electrons. The highest BCUT2D eigenvalue weighted by molar-refractivity contribution is 14.1. The number of primary sulfonamides is 1. The van der Waals surface area contributed by atoms with Crippen molar-refractivity contribution in [3.8, 4) is 28.7 Å². The molecule has 1 saturated heterocycles. The minimum Gasteiger partial charge on any atom is -0.496 e. The van der Waals surface area contributed by atoms with Crippen LogP contribution in [0.3, 0.4) is 0 Å². The molecule has 2 aliphatic rings. The summed E-state index contributed by atoms with van der Waals surface area (Å²) in [5.41, 5.74) is 8.72. The largest absolute Gasteiger partial charge is 0.496 e. The van der Waals surface area contributed by atoms with Crippen LogP contribution in [-0.2, 0) is 55.7 Å². The van der Waals surface area contributed by atoms with Crippen LogP contribution in [0.4, 0.5) is 34.1 Å². The molecular weight excluding hydrogens is 2680 g/mol. The molecule has 1 heterocycles. The molecule has 2 fully saturated rings. The highest BCUT2D eigenvalue weighted by atomic mass is 127. The Bertz CT molecular complexity index is 7350. The molecule has 786 valence electrons. The van der Waals surface area contributed by atoms with E-state index in [4.69, 9.17) is 28.8 Å². The van der Waals surface area contributed by atoms with E-state index in [1.165, 1.54) is 75.5 Å². The number of halogens is 6. The lowest BCUT2D eigenvalue weighted by Crippen LogP contribution is -2.46. The highest BCUT2D eigenvalue weighted by Gasteiger charge is 2.31. The molecule has 0 aromatic heterocycles. The zero-order valence-electron chi connectivity index (χ0n) is 82.3. The van der Waals surface area contributed by atoms with E-state index in [1.807, 2.05) is 33.9 Å². The Morgan fingerprint density at radius 2 is 0.662 bits per heavy atom. The molecular formula is C103H110I6N12O22S5. The number of nitrogens with two attached hydrogens (primary N) is 1. The summed E-state index contributed by atoms with van der Waals surface area (Å²) < 4.78 is 156. The highest BCUT2D eigenvalue weighted by Crippen LogP contribution is 2.32. The number of hydrogen-bond donors (Lipinski definition) is 8. The lowest BCUT2D eigenvalue weighted by Gasteiger charge is -2.31. The number of carbonyl (C=O) groups excluding carboxylic acids is 7. The Kier molecular flexibility index (Phi) is 46.6. The van der Waals surface area contributed by atoms with E-state index in [-0.39, 0.29) is 72.7 Å². The van der Waals surface area contributed by atoms with Gasteiger partial charge in [0, 0.05) is 141 Å². The van der Waals surface area contributed by atoms with Crippen molar-refractivity contribution in [1.82, 2.24) is 23.1 Å². The summed E-state index contributed by atoms with van der Waals surface area (Å²) in [6.07, 6.45) is 2.95. The molecule has 1 aliphatic carbocycles. The van der Waals surface area contributed by atoms with Crippen molar-refractivity contribution in [3.63, 3.8) is 0 Å². The van der Waals surface area contributed by atoms with Crippen LogP contribution in [0.2, 0.25) is 0 Å².